The number of benzene rings is 5. The van der Waals surface area contributed by atoms with Gasteiger partial charge in [-0.25, -0.2) is 4.90 Å². The second kappa shape index (κ2) is 13.9. The number of hydrazine groups is 1. The number of nitro benzene ring substituents is 2. The van der Waals surface area contributed by atoms with Crippen LogP contribution in [0.5, 0.6) is 5.75 Å². The summed E-state index contributed by atoms with van der Waals surface area (Å²) in [6.45, 7) is 1.91. The van der Waals surface area contributed by atoms with Crippen LogP contribution in [0.4, 0.5) is 28.4 Å². The minimum absolute atomic E-state index is 0.0192. The first kappa shape index (κ1) is 38.1. The van der Waals surface area contributed by atoms with Crippen molar-refractivity contribution in [2.24, 2.45) is 23.7 Å². The molecule has 1 saturated carbocycles. The largest absolute Gasteiger partial charge is 0.507 e. The second-order valence-corrected chi connectivity index (χ2v) is 16.1. The average molecular weight is 807 g/mol. The van der Waals surface area contributed by atoms with Gasteiger partial charge in [0.15, 0.2) is 5.69 Å². The molecule has 0 spiro atoms. The molecular weight excluding hydrogens is 769 g/mol. The van der Waals surface area contributed by atoms with Crippen LogP contribution in [0.15, 0.2) is 115 Å². The maximum absolute atomic E-state index is 15.5. The van der Waals surface area contributed by atoms with Crippen LogP contribution in [-0.2, 0) is 24.6 Å². The molecule has 2 aliphatic heterocycles. The van der Waals surface area contributed by atoms with Crippen molar-refractivity contribution in [3.63, 3.8) is 0 Å². The molecule has 60 heavy (non-hydrogen) atoms. The molecule has 3 fully saturated rings. The van der Waals surface area contributed by atoms with Crippen molar-refractivity contribution in [2.45, 2.75) is 31.1 Å². The van der Waals surface area contributed by atoms with Crippen LogP contribution < -0.4 is 15.2 Å². The zero-order valence-corrected chi connectivity index (χ0v) is 32.6. The summed E-state index contributed by atoms with van der Waals surface area (Å²) in [5, 5.41) is 39.1. The summed E-state index contributed by atoms with van der Waals surface area (Å²) in [4.78, 5) is 84.8. The molecule has 2 N–H and O–H groups in total. The Kier molecular flexibility index (Phi) is 8.80. The van der Waals surface area contributed by atoms with Gasteiger partial charge in [0.25, 0.3) is 11.8 Å². The van der Waals surface area contributed by atoms with Crippen molar-refractivity contribution in [1.82, 2.24) is 5.01 Å². The number of nitrogens with one attached hydrogen (secondary N) is 1. The van der Waals surface area contributed by atoms with E-state index in [0.29, 0.717) is 27.8 Å². The van der Waals surface area contributed by atoms with E-state index >= 15 is 9.59 Å². The summed E-state index contributed by atoms with van der Waals surface area (Å²) < 4.78 is 0. The van der Waals surface area contributed by atoms with Gasteiger partial charge >= 0.3 is 11.4 Å². The lowest BCUT2D eigenvalue weighted by molar-refractivity contribution is -0.392. The van der Waals surface area contributed by atoms with Crippen LogP contribution in [0.3, 0.4) is 0 Å². The Balaban J connectivity index is 1.24. The number of amides is 4. The topological polar surface area (TPSA) is 197 Å². The van der Waals surface area contributed by atoms with Crippen molar-refractivity contribution < 1.29 is 34.1 Å². The molecule has 15 heteroatoms. The van der Waals surface area contributed by atoms with Crippen molar-refractivity contribution in [3.8, 4) is 5.75 Å². The Labute approximate surface area is 342 Å². The van der Waals surface area contributed by atoms with Crippen molar-refractivity contribution >= 4 is 62.8 Å². The summed E-state index contributed by atoms with van der Waals surface area (Å²) in [7, 11) is 2.83. The van der Waals surface area contributed by atoms with Gasteiger partial charge in [0, 0.05) is 43.1 Å². The zero-order chi connectivity index (χ0) is 42.4. The standard InChI is InChI=1S/C45H38N6O9/c1-24-13-16-27(17-14-24)46-49-42(54)34-23-33-30(38(45(34,44(49)56)26-10-5-4-6-11-26)32-18-15-25-9-7-8-12-29(25)40(32)52)19-20-31-37(33)43(55)48(41(31)53)28-21-35(50(57)58)39(47(2)3)36(22-28)51(59)60/h4-19,21-22,31,33-34,37-38,46,52H,20,23H2,1-3H3/t31-,33+,34-,37-,38+,45+/m0/s1. The molecule has 9 rings (SSSR count). The van der Waals surface area contributed by atoms with Crippen LogP contribution >= 0.6 is 0 Å². The Bertz CT molecular complexity index is 2700. The minimum atomic E-state index is -1.64. The molecule has 4 aliphatic rings. The first-order valence-corrected chi connectivity index (χ1v) is 19.4. The number of aromatic hydroxyl groups is 1. The second-order valence-electron chi connectivity index (χ2n) is 16.1. The van der Waals surface area contributed by atoms with E-state index in [0.717, 1.165) is 33.0 Å². The lowest BCUT2D eigenvalue weighted by Crippen LogP contribution is -2.53. The molecular formula is C45H38N6O9. The number of allylic oxidation sites excluding steroid dienone is 2. The van der Waals surface area contributed by atoms with Gasteiger partial charge in [0.2, 0.25) is 11.8 Å². The van der Waals surface area contributed by atoms with E-state index in [1.165, 1.54) is 19.0 Å². The van der Waals surface area contributed by atoms with E-state index in [1.54, 1.807) is 60.7 Å². The average Bonchev–Trinajstić information content (AvgIpc) is 3.62. The lowest BCUT2D eigenvalue weighted by atomic mass is 9.49. The molecule has 5 aromatic rings. The van der Waals surface area contributed by atoms with Crippen molar-refractivity contribution in [1.29, 1.82) is 0 Å². The Hall–Kier alpha value is -7.42. The van der Waals surface area contributed by atoms with Gasteiger partial charge < -0.3 is 10.0 Å². The molecule has 0 bridgehead atoms. The van der Waals surface area contributed by atoms with Gasteiger partial charge in [0.05, 0.1) is 44.4 Å². The molecule has 5 aromatic carbocycles. The van der Waals surface area contributed by atoms with E-state index in [1.807, 2.05) is 43.3 Å². The van der Waals surface area contributed by atoms with E-state index in [9.17, 15) is 34.9 Å². The number of imide groups is 2. The monoisotopic (exact) mass is 806 g/mol. The zero-order valence-electron chi connectivity index (χ0n) is 32.6. The molecule has 0 radical (unpaired) electrons. The molecule has 6 atom stereocenters. The highest BCUT2D eigenvalue weighted by Gasteiger charge is 2.70. The number of hydrogen-bond acceptors (Lipinski definition) is 11. The van der Waals surface area contributed by atoms with Crippen LogP contribution in [-0.4, -0.2) is 57.7 Å². The van der Waals surface area contributed by atoms with Crippen LogP contribution in [0.1, 0.15) is 35.4 Å². The fraction of sp³-hybridized carbons (Fsp3) is 0.244. The molecule has 0 unspecified atom stereocenters. The molecule has 302 valence electrons. The third kappa shape index (κ3) is 5.41. The minimum Gasteiger partial charge on any atom is -0.507 e. The summed E-state index contributed by atoms with van der Waals surface area (Å²) in [6, 6.07) is 28.9. The summed E-state index contributed by atoms with van der Waals surface area (Å²) in [5.74, 6) is -7.69. The highest BCUT2D eigenvalue weighted by molar-refractivity contribution is 6.23. The number of phenols is 1. The molecule has 0 aromatic heterocycles. The highest BCUT2D eigenvalue weighted by atomic mass is 16.6. The van der Waals surface area contributed by atoms with Gasteiger partial charge in [-0.2, -0.15) is 5.01 Å². The van der Waals surface area contributed by atoms with Crippen molar-refractivity contribution in [3.05, 3.63) is 152 Å². The quantitative estimate of drug-likeness (QED) is 0.0714. The maximum atomic E-state index is 15.5. The third-order valence-corrected chi connectivity index (χ3v) is 12.8. The summed E-state index contributed by atoms with van der Waals surface area (Å²) in [5.41, 5.74) is 2.40. The highest BCUT2D eigenvalue weighted by Crippen LogP contribution is 2.65. The fourth-order valence-corrected chi connectivity index (χ4v) is 10.3. The number of nitro groups is 2. The first-order valence-electron chi connectivity index (χ1n) is 19.4. The first-order chi connectivity index (χ1) is 28.7. The van der Waals surface area contributed by atoms with E-state index in [-0.39, 0.29) is 30.0 Å². The summed E-state index contributed by atoms with van der Waals surface area (Å²) in [6.07, 6.45) is 1.80. The molecule has 2 saturated heterocycles. The SMILES string of the molecule is Cc1ccc(NN2C(=O)[C@@H]3C[C@@H]4C(=CC[C@@H]5C(=O)N(c6cc([N+](=O)[O-])c(N(C)C)c([N+](=O)[O-])c6)C(=O)[C@@H]54)[C@H](c4ccc5ccccc5c4O)[C@]3(c3ccccc3)C2=O)cc1. The molecule has 2 heterocycles. The van der Waals surface area contributed by atoms with Crippen molar-refractivity contribution in [2.75, 3.05) is 29.3 Å². The number of hydrogen-bond donors (Lipinski definition) is 2. The Morgan fingerprint density at radius 1 is 0.800 bits per heavy atom. The number of nitrogens with zero attached hydrogens (tertiary/aromatic N) is 5. The van der Waals surface area contributed by atoms with E-state index in [4.69, 9.17) is 0 Å². The van der Waals surface area contributed by atoms with Crippen LogP contribution in [0, 0.1) is 50.8 Å². The Morgan fingerprint density at radius 2 is 1.45 bits per heavy atom. The number of carbonyl (C=O) groups excluding carboxylic acids is 4. The van der Waals surface area contributed by atoms with Gasteiger partial charge in [-0.3, -0.25) is 44.8 Å². The molecule has 2 aliphatic carbocycles. The molecule has 4 amide bonds. The van der Waals surface area contributed by atoms with Gasteiger partial charge in [0.1, 0.15) is 5.75 Å². The number of phenolic OH excluding ortho intramolecular Hbond substituents is 1. The number of aryl methyl sites for hydroxylation is 1. The third-order valence-electron chi connectivity index (χ3n) is 12.8. The number of anilines is 3. The predicted molar refractivity (Wildman–Crippen MR) is 221 cm³/mol. The Morgan fingerprint density at radius 3 is 2.10 bits per heavy atom. The van der Waals surface area contributed by atoms with E-state index < -0.39 is 79.9 Å². The fourth-order valence-electron chi connectivity index (χ4n) is 10.3. The van der Waals surface area contributed by atoms with Crippen LogP contribution in [0.25, 0.3) is 10.8 Å². The maximum Gasteiger partial charge on any atom is 0.301 e. The smallest absolute Gasteiger partial charge is 0.301 e. The molecule has 15 nitrogen and oxygen atoms in total. The number of fused-ring (bicyclic) bond motifs is 5. The predicted octanol–water partition coefficient (Wildman–Crippen LogP) is 6.93. The lowest BCUT2D eigenvalue weighted by Gasteiger charge is -2.50. The summed E-state index contributed by atoms with van der Waals surface area (Å²) >= 11 is 0. The van der Waals surface area contributed by atoms with Gasteiger partial charge in [-0.1, -0.05) is 96.1 Å². The number of rotatable bonds is 8. The van der Waals surface area contributed by atoms with E-state index in [2.05, 4.69) is 5.43 Å². The van der Waals surface area contributed by atoms with Gasteiger partial charge in [-0.05, 0) is 48.8 Å². The normalized spacial score (nSPS) is 24.5. The number of carbonyl (C=O) groups is 4. The van der Waals surface area contributed by atoms with Gasteiger partial charge in [-0.15, -0.1) is 0 Å². The van der Waals surface area contributed by atoms with Crippen LogP contribution in [0.2, 0.25) is 0 Å².